The van der Waals surface area contributed by atoms with E-state index in [4.69, 9.17) is 15.5 Å². The Kier molecular flexibility index (Phi) is 13.4. The molecule has 0 fully saturated rings. The van der Waals surface area contributed by atoms with Crippen LogP contribution < -0.4 is 15.9 Å². The first-order valence-corrected chi connectivity index (χ1v) is 25.6. The molecule has 294 valence electrons. The molecule has 5 heteroatoms. The van der Waals surface area contributed by atoms with Gasteiger partial charge in [0.25, 0.3) is 0 Å². The number of halogens is 1. The summed E-state index contributed by atoms with van der Waals surface area (Å²) in [6.45, 7) is 0. The number of hydrogen-bond acceptors (Lipinski definition) is 3. The Morgan fingerprint density at radius 1 is 0.439 bits per heavy atom. The Balaban J connectivity index is 0.989. The van der Waals surface area contributed by atoms with Crippen molar-refractivity contribution in [2.45, 2.75) is 89.9 Å². The summed E-state index contributed by atoms with van der Waals surface area (Å²) in [6.07, 6.45) is 17.0. The van der Waals surface area contributed by atoms with Crippen LogP contribution in [0.1, 0.15) is 100 Å². The molecule has 0 aliphatic carbocycles. The SMILES string of the molecule is O=C(CCCCCCCCCCCCCCCP(Br)(c1cccc2ccccc12)(c1cccc2ccccc12)c1cccc2ccccc12)c1ccc(O)cc1O. The number of fused-ring (bicyclic) bond motifs is 3. The molecule has 0 aromatic heterocycles. The molecule has 3 nitrogen and oxygen atoms in total. The first kappa shape index (κ1) is 40.7. The molecule has 0 aliphatic heterocycles. The standard InChI is InChI=1S/C52H56BrO3P/c53-57(50-33-20-26-40-23-13-16-29-44(40)50,51-34-21-27-41-24-14-17-30-45(41)51,52-35-22-28-42-25-15-18-31-46(42)52)38-19-11-9-7-5-3-1-2-4-6-8-10-12-32-48(55)47-37-36-43(54)39-49(47)56/h13-18,20-31,33-37,39,54,56H,1-12,19,32,38H2. The monoisotopic (exact) mass is 838 g/mol. The Bertz CT molecular complexity index is 2250. The van der Waals surface area contributed by atoms with Gasteiger partial charge in [0.15, 0.2) is 5.78 Å². The van der Waals surface area contributed by atoms with E-state index < -0.39 is 5.31 Å². The summed E-state index contributed by atoms with van der Waals surface area (Å²) in [4.78, 5) is 12.4. The number of Topliss-reactive ketones (excluding diaryl/α,β-unsaturated/α-hetero) is 1. The third-order valence-electron chi connectivity index (χ3n) is 12.1. The minimum atomic E-state index is -3.31. The largest absolute Gasteiger partial charge is 0.508 e. The second-order valence-electron chi connectivity index (χ2n) is 15.9. The fourth-order valence-corrected chi connectivity index (χ4v) is 18.3. The third kappa shape index (κ3) is 8.84. The molecule has 0 aliphatic rings. The molecule has 0 radical (unpaired) electrons. The van der Waals surface area contributed by atoms with Crippen molar-refractivity contribution in [2.75, 3.05) is 6.16 Å². The van der Waals surface area contributed by atoms with Gasteiger partial charge in [-0.2, -0.15) is 0 Å². The van der Waals surface area contributed by atoms with Crippen molar-refractivity contribution in [3.63, 3.8) is 0 Å². The van der Waals surface area contributed by atoms with Gasteiger partial charge in [0.05, 0.1) is 5.56 Å². The summed E-state index contributed by atoms with van der Waals surface area (Å²) in [5.74, 6) is -0.222. The van der Waals surface area contributed by atoms with Crippen LogP contribution >= 0.6 is 20.8 Å². The van der Waals surface area contributed by atoms with Crippen LogP contribution in [0.3, 0.4) is 0 Å². The number of rotatable bonds is 20. The Morgan fingerprint density at radius 3 is 1.23 bits per heavy atom. The smallest absolute Gasteiger partial charge is 0.130 e. The Hall–Kier alpha value is -4.50. The number of ketones is 1. The van der Waals surface area contributed by atoms with E-state index in [1.807, 2.05) is 0 Å². The molecule has 0 unspecified atom stereocenters. The second kappa shape index (κ2) is 18.8. The molecule has 0 spiro atoms. The van der Waals surface area contributed by atoms with Crippen LogP contribution in [0.2, 0.25) is 0 Å². The molecule has 57 heavy (non-hydrogen) atoms. The van der Waals surface area contributed by atoms with E-state index >= 15 is 0 Å². The summed E-state index contributed by atoms with van der Waals surface area (Å²) in [5.41, 5.74) is 0.303. The van der Waals surface area contributed by atoms with E-state index in [2.05, 4.69) is 127 Å². The molecule has 0 amide bonds. The third-order valence-corrected chi connectivity index (χ3v) is 21.9. The van der Waals surface area contributed by atoms with E-state index in [9.17, 15) is 15.0 Å². The molecule has 0 saturated heterocycles. The van der Waals surface area contributed by atoms with Gasteiger partial charge in [-0.15, -0.1) is 0 Å². The van der Waals surface area contributed by atoms with E-state index in [0.29, 0.717) is 12.0 Å². The summed E-state index contributed by atoms with van der Waals surface area (Å²) in [6, 6.07) is 51.9. The van der Waals surface area contributed by atoms with Crippen molar-refractivity contribution in [1.29, 1.82) is 0 Å². The molecule has 7 rings (SSSR count). The zero-order valence-electron chi connectivity index (χ0n) is 33.1. The van der Waals surface area contributed by atoms with Gasteiger partial charge in [-0.25, -0.2) is 0 Å². The normalized spacial score (nSPS) is 12.5. The van der Waals surface area contributed by atoms with Crippen molar-refractivity contribution < 1.29 is 15.0 Å². The van der Waals surface area contributed by atoms with Crippen molar-refractivity contribution in [3.05, 3.63) is 151 Å². The number of benzene rings is 7. The van der Waals surface area contributed by atoms with Crippen molar-refractivity contribution in [2.24, 2.45) is 0 Å². The maximum atomic E-state index is 12.4. The van der Waals surface area contributed by atoms with E-state index in [1.165, 1.54) is 124 Å². The number of unbranched alkanes of at least 4 members (excludes halogenated alkanes) is 12. The van der Waals surface area contributed by atoms with Gasteiger partial charge < -0.3 is 10.2 Å². The van der Waals surface area contributed by atoms with E-state index in [-0.39, 0.29) is 17.3 Å². The topological polar surface area (TPSA) is 57.5 Å². The summed E-state index contributed by atoms with van der Waals surface area (Å²) in [5, 5.41) is 28.2. The minimum Gasteiger partial charge on any atom is -0.508 e. The van der Waals surface area contributed by atoms with Crippen LogP contribution in [-0.2, 0) is 0 Å². The second-order valence-corrected chi connectivity index (χ2v) is 24.8. The molecular formula is C52H56BrO3P. The zero-order chi connectivity index (χ0) is 39.5. The van der Waals surface area contributed by atoms with Crippen molar-refractivity contribution >= 4 is 74.8 Å². The molecule has 0 bridgehead atoms. The number of hydrogen-bond donors (Lipinski definition) is 2. The Labute approximate surface area is 346 Å². The number of carbonyl (C=O) groups is 1. The fraction of sp³-hybridized carbons (Fsp3) is 0.288. The average Bonchev–Trinajstić information content (AvgIpc) is 3.24. The predicted molar refractivity (Wildman–Crippen MR) is 250 cm³/mol. The van der Waals surface area contributed by atoms with Crippen LogP contribution in [0.4, 0.5) is 0 Å². The van der Waals surface area contributed by atoms with Gasteiger partial charge in [-0.1, -0.05) is 6.42 Å². The van der Waals surface area contributed by atoms with Crippen LogP contribution in [-0.4, -0.2) is 22.2 Å². The first-order chi connectivity index (χ1) is 27.9. The molecule has 7 aromatic carbocycles. The number of aromatic hydroxyl groups is 2. The molecule has 0 atom stereocenters. The first-order valence-electron chi connectivity index (χ1n) is 21.1. The fourth-order valence-electron chi connectivity index (χ4n) is 9.12. The molecule has 0 saturated carbocycles. The van der Waals surface area contributed by atoms with Gasteiger partial charge in [-0.3, -0.25) is 4.79 Å². The summed E-state index contributed by atoms with van der Waals surface area (Å²) in [7, 11) is 0. The molecule has 2 N–H and O–H groups in total. The van der Waals surface area contributed by atoms with Gasteiger partial charge >= 0.3 is 273 Å². The van der Waals surface area contributed by atoms with Crippen LogP contribution in [0.5, 0.6) is 11.5 Å². The van der Waals surface area contributed by atoms with Crippen LogP contribution in [0, 0.1) is 0 Å². The van der Waals surface area contributed by atoms with Crippen molar-refractivity contribution in [3.8, 4) is 11.5 Å². The van der Waals surface area contributed by atoms with Crippen molar-refractivity contribution in [1.82, 2.24) is 0 Å². The summed E-state index contributed by atoms with van der Waals surface area (Å²) >= 11 is 4.94. The Morgan fingerprint density at radius 2 is 0.807 bits per heavy atom. The molecular weight excluding hydrogens is 783 g/mol. The quantitative estimate of drug-likeness (QED) is 0.0457. The predicted octanol–water partition coefficient (Wildman–Crippen LogP) is 14.0. The van der Waals surface area contributed by atoms with Gasteiger partial charge in [-0.05, 0) is 18.6 Å². The average molecular weight is 840 g/mol. The van der Waals surface area contributed by atoms with Gasteiger partial charge in [0.1, 0.15) is 11.5 Å². The van der Waals surface area contributed by atoms with E-state index in [0.717, 1.165) is 31.8 Å². The van der Waals surface area contributed by atoms with Crippen LogP contribution in [0.25, 0.3) is 32.3 Å². The summed E-state index contributed by atoms with van der Waals surface area (Å²) < 4.78 is 0. The van der Waals surface area contributed by atoms with Gasteiger partial charge in [0, 0.05) is 12.5 Å². The molecule has 0 heterocycles. The van der Waals surface area contributed by atoms with Crippen LogP contribution in [0.15, 0.2) is 146 Å². The number of carbonyl (C=O) groups excluding carboxylic acids is 1. The number of phenolic OH excluding ortho intramolecular Hbond substituents is 2. The minimum absolute atomic E-state index is 0.0288. The van der Waals surface area contributed by atoms with Gasteiger partial charge in [0.2, 0.25) is 0 Å². The van der Waals surface area contributed by atoms with E-state index in [1.54, 1.807) is 0 Å². The maximum Gasteiger partial charge on any atom is 0.130 e. The maximum absolute atomic E-state index is 12.4. The molecule has 7 aromatic rings. The number of phenols is 2. The zero-order valence-corrected chi connectivity index (χ0v) is 35.6.